The summed E-state index contributed by atoms with van der Waals surface area (Å²) in [4.78, 5) is 10.7. The molecule has 0 bridgehead atoms. The molecule has 0 fully saturated rings. The predicted octanol–water partition coefficient (Wildman–Crippen LogP) is 1.79. The maximum absolute atomic E-state index is 10.7. The maximum atomic E-state index is 10.7. The largest absolute Gasteiger partial charge is 0.496 e. The molecule has 0 atom stereocenters. The number of methoxy groups -OCH3 is 1. The van der Waals surface area contributed by atoms with Gasteiger partial charge in [-0.15, -0.1) is 0 Å². The van der Waals surface area contributed by atoms with E-state index in [1.165, 1.54) is 0 Å². The Balaban J connectivity index is 3.10. The first-order chi connectivity index (χ1) is 7.47. The predicted molar refractivity (Wildman–Crippen MR) is 63.6 cm³/mol. The third-order valence-corrected chi connectivity index (χ3v) is 2.87. The first-order valence-electron chi connectivity index (χ1n) is 5.14. The Morgan fingerprint density at radius 2 is 2.00 bits per heavy atom. The van der Waals surface area contributed by atoms with E-state index >= 15 is 0 Å². The molecule has 16 heavy (non-hydrogen) atoms. The minimum atomic E-state index is -0.507. The highest BCUT2D eigenvalue weighted by Crippen LogP contribution is 2.27. The summed E-state index contributed by atoms with van der Waals surface area (Å²) in [6.45, 7) is 6.47. The van der Waals surface area contributed by atoms with Crippen molar-refractivity contribution < 1.29 is 9.53 Å². The number of nitrogens with one attached hydrogen (secondary N) is 1. The van der Waals surface area contributed by atoms with Crippen LogP contribution in [0.4, 0.5) is 4.79 Å². The van der Waals surface area contributed by atoms with Crippen molar-refractivity contribution >= 4 is 6.03 Å². The molecule has 0 saturated heterocycles. The summed E-state index contributed by atoms with van der Waals surface area (Å²) < 4.78 is 5.28. The molecule has 1 aromatic rings. The molecular formula is C12H18N2O2. The third kappa shape index (κ3) is 2.45. The van der Waals surface area contributed by atoms with Gasteiger partial charge in [0.25, 0.3) is 0 Å². The molecule has 0 aliphatic carbocycles. The minimum Gasteiger partial charge on any atom is -0.496 e. The second-order valence-electron chi connectivity index (χ2n) is 3.84. The number of hydrogen-bond donors (Lipinski definition) is 2. The van der Waals surface area contributed by atoms with Gasteiger partial charge in [-0.25, -0.2) is 4.79 Å². The number of rotatable bonds is 3. The van der Waals surface area contributed by atoms with Crippen LogP contribution < -0.4 is 15.8 Å². The van der Waals surface area contributed by atoms with E-state index in [0.717, 1.165) is 28.0 Å². The SMILES string of the molecule is COc1cc(C)c(CNC(N)=O)c(C)c1C. The van der Waals surface area contributed by atoms with Crippen molar-refractivity contribution in [2.75, 3.05) is 7.11 Å². The van der Waals surface area contributed by atoms with Crippen LogP contribution >= 0.6 is 0 Å². The van der Waals surface area contributed by atoms with Crippen LogP contribution in [0.1, 0.15) is 22.3 Å². The number of nitrogens with two attached hydrogens (primary N) is 1. The molecule has 0 aromatic heterocycles. The van der Waals surface area contributed by atoms with Crippen molar-refractivity contribution in [2.45, 2.75) is 27.3 Å². The lowest BCUT2D eigenvalue weighted by atomic mass is 9.97. The van der Waals surface area contributed by atoms with Gasteiger partial charge in [-0.2, -0.15) is 0 Å². The van der Waals surface area contributed by atoms with Gasteiger partial charge in [-0.1, -0.05) is 0 Å². The van der Waals surface area contributed by atoms with Crippen LogP contribution in [0.5, 0.6) is 5.75 Å². The Hall–Kier alpha value is -1.71. The van der Waals surface area contributed by atoms with Crippen molar-refractivity contribution in [3.05, 3.63) is 28.3 Å². The fourth-order valence-electron chi connectivity index (χ4n) is 1.76. The lowest BCUT2D eigenvalue weighted by Crippen LogP contribution is -2.29. The van der Waals surface area contributed by atoms with E-state index in [2.05, 4.69) is 5.32 Å². The molecular weight excluding hydrogens is 204 g/mol. The molecule has 1 aromatic carbocycles. The van der Waals surface area contributed by atoms with Crippen LogP contribution in [0.15, 0.2) is 6.07 Å². The first kappa shape index (κ1) is 12.4. The van der Waals surface area contributed by atoms with Crippen LogP contribution in [0.25, 0.3) is 0 Å². The number of amides is 2. The van der Waals surface area contributed by atoms with Crippen LogP contribution in [-0.4, -0.2) is 13.1 Å². The first-order valence-corrected chi connectivity index (χ1v) is 5.14. The van der Waals surface area contributed by atoms with Crippen LogP contribution in [0.2, 0.25) is 0 Å². The lowest BCUT2D eigenvalue weighted by Gasteiger charge is -2.15. The summed E-state index contributed by atoms with van der Waals surface area (Å²) >= 11 is 0. The average Bonchev–Trinajstić information content (AvgIpc) is 2.22. The fraction of sp³-hybridized carbons (Fsp3) is 0.417. The van der Waals surface area contributed by atoms with Crippen molar-refractivity contribution in [1.29, 1.82) is 0 Å². The quantitative estimate of drug-likeness (QED) is 0.818. The van der Waals surface area contributed by atoms with Gasteiger partial charge < -0.3 is 15.8 Å². The number of carbonyl (C=O) groups is 1. The van der Waals surface area contributed by atoms with Gasteiger partial charge in [-0.05, 0) is 49.1 Å². The molecule has 0 aliphatic rings. The van der Waals surface area contributed by atoms with Crippen LogP contribution in [0.3, 0.4) is 0 Å². The van der Waals surface area contributed by atoms with Crippen molar-refractivity contribution in [2.24, 2.45) is 5.73 Å². The second-order valence-corrected chi connectivity index (χ2v) is 3.84. The highest BCUT2D eigenvalue weighted by molar-refractivity contribution is 5.71. The number of ether oxygens (including phenoxy) is 1. The van der Waals surface area contributed by atoms with E-state index < -0.39 is 6.03 Å². The number of aryl methyl sites for hydroxylation is 1. The fourth-order valence-corrected chi connectivity index (χ4v) is 1.76. The molecule has 3 N–H and O–H groups in total. The zero-order chi connectivity index (χ0) is 12.3. The molecule has 0 heterocycles. The van der Waals surface area contributed by atoms with Gasteiger partial charge in [-0.3, -0.25) is 0 Å². The molecule has 88 valence electrons. The van der Waals surface area contributed by atoms with Crippen LogP contribution in [-0.2, 0) is 6.54 Å². The Bertz CT molecular complexity index is 414. The summed E-state index contributed by atoms with van der Waals surface area (Å²) in [5, 5.41) is 2.61. The van der Waals surface area contributed by atoms with Crippen molar-refractivity contribution in [3.8, 4) is 5.75 Å². The molecule has 0 aliphatic heterocycles. The van der Waals surface area contributed by atoms with Crippen LogP contribution in [0, 0.1) is 20.8 Å². The standard InChI is InChI=1S/C12H18N2O2/c1-7-5-11(16-4)9(3)8(2)10(7)6-14-12(13)15/h5H,6H2,1-4H3,(H3,13,14,15). The summed E-state index contributed by atoms with van der Waals surface area (Å²) in [7, 11) is 1.66. The molecule has 0 saturated carbocycles. The number of benzene rings is 1. The summed E-state index contributed by atoms with van der Waals surface area (Å²) in [5.41, 5.74) is 9.47. The van der Waals surface area contributed by atoms with Gasteiger partial charge in [0.15, 0.2) is 0 Å². The number of hydrogen-bond acceptors (Lipinski definition) is 2. The molecule has 0 unspecified atom stereocenters. The number of primary amides is 1. The van der Waals surface area contributed by atoms with Gasteiger partial charge in [0.2, 0.25) is 0 Å². The molecule has 0 radical (unpaired) electrons. The Morgan fingerprint density at radius 1 is 1.38 bits per heavy atom. The highest BCUT2D eigenvalue weighted by Gasteiger charge is 2.10. The van der Waals surface area contributed by atoms with E-state index in [4.69, 9.17) is 10.5 Å². The molecule has 4 heteroatoms. The van der Waals surface area contributed by atoms with Gasteiger partial charge in [0.05, 0.1) is 7.11 Å². The normalized spacial score (nSPS) is 10.0. The maximum Gasteiger partial charge on any atom is 0.312 e. The summed E-state index contributed by atoms with van der Waals surface area (Å²) in [5.74, 6) is 0.873. The van der Waals surface area contributed by atoms with E-state index in [1.54, 1.807) is 7.11 Å². The van der Waals surface area contributed by atoms with Gasteiger partial charge >= 0.3 is 6.03 Å². The average molecular weight is 222 g/mol. The van der Waals surface area contributed by atoms with Gasteiger partial charge in [0.1, 0.15) is 5.75 Å². The highest BCUT2D eigenvalue weighted by atomic mass is 16.5. The number of urea groups is 1. The zero-order valence-electron chi connectivity index (χ0n) is 10.2. The third-order valence-electron chi connectivity index (χ3n) is 2.87. The smallest absolute Gasteiger partial charge is 0.312 e. The minimum absolute atomic E-state index is 0.456. The topological polar surface area (TPSA) is 64.3 Å². The zero-order valence-corrected chi connectivity index (χ0v) is 10.2. The monoisotopic (exact) mass is 222 g/mol. The molecule has 0 spiro atoms. The number of carbonyl (C=O) groups excluding carboxylic acids is 1. The van der Waals surface area contributed by atoms with E-state index in [-0.39, 0.29) is 0 Å². The second kappa shape index (κ2) is 4.88. The van der Waals surface area contributed by atoms with Crippen molar-refractivity contribution in [3.63, 3.8) is 0 Å². The van der Waals surface area contributed by atoms with Crippen molar-refractivity contribution in [1.82, 2.24) is 5.32 Å². The summed E-state index contributed by atoms with van der Waals surface area (Å²) in [6.07, 6.45) is 0. The van der Waals surface area contributed by atoms with E-state index in [0.29, 0.717) is 6.54 Å². The van der Waals surface area contributed by atoms with E-state index in [1.807, 2.05) is 26.8 Å². The van der Waals surface area contributed by atoms with Gasteiger partial charge in [0, 0.05) is 6.54 Å². The molecule has 1 rings (SSSR count). The molecule has 2 amide bonds. The molecule has 4 nitrogen and oxygen atoms in total. The Kier molecular flexibility index (Phi) is 3.77. The lowest BCUT2D eigenvalue weighted by molar-refractivity contribution is 0.248. The van der Waals surface area contributed by atoms with E-state index in [9.17, 15) is 4.79 Å². The Morgan fingerprint density at radius 3 is 2.50 bits per heavy atom. The Labute approximate surface area is 95.8 Å². The summed E-state index contributed by atoms with van der Waals surface area (Å²) in [6, 6.07) is 1.47.